The van der Waals surface area contributed by atoms with Gasteiger partial charge in [0.2, 0.25) is 0 Å². The van der Waals surface area contributed by atoms with Crippen LogP contribution in [0.3, 0.4) is 0 Å². The van der Waals surface area contributed by atoms with Crippen LogP contribution in [0, 0.1) is 0 Å². The molecule has 4 rings (SSSR count). The van der Waals surface area contributed by atoms with Crippen molar-refractivity contribution in [3.63, 3.8) is 0 Å². The molecule has 0 bridgehead atoms. The zero-order chi connectivity index (χ0) is 16.4. The molecule has 0 spiro atoms. The molecule has 0 amide bonds. The zero-order valence-electron chi connectivity index (χ0n) is 13.3. The van der Waals surface area contributed by atoms with Crippen LogP contribution in [-0.4, -0.2) is 52.7 Å². The Hall–Kier alpha value is -2.32. The Balaban J connectivity index is 1.58. The number of morpholine rings is 1. The van der Waals surface area contributed by atoms with E-state index < -0.39 is 0 Å². The number of hydrogen-bond donors (Lipinski definition) is 2. The van der Waals surface area contributed by atoms with Crippen molar-refractivity contribution in [3.8, 4) is 0 Å². The highest BCUT2D eigenvalue weighted by Gasteiger charge is 2.13. The number of nitrogens with zero attached hydrogens (tertiary/aromatic N) is 4. The van der Waals surface area contributed by atoms with Crippen molar-refractivity contribution in [2.75, 3.05) is 42.8 Å². The molecular formula is C16H18N6OS. The predicted octanol–water partition coefficient (Wildman–Crippen LogP) is 2.66. The highest BCUT2D eigenvalue weighted by molar-refractivity contribution is 7.98. The molecular weight excluding hydrogens is 324 g/mol. The van der Waals surface area contributed by atoms with Crippen LogP contribution in [0.2, 0.25) is 0 Å². The lowest BCUT2D eigenvalue weighted by molar-refractivity contribution is 0.122. The second kappa shape index (κ2) is 6.66. The van der Waals surface area contributed by atoms with Crippen molar-refractivity contribution in [1.29, 1.82) is 0 Å². The molecule has 0 atom stereocenters. The second-order valence-corrected chi connectivity index (χ2v) is 6.25. The van der Waals surface area contributed by atoms with Gasteiger partial charge in [0.1, 0.15) is 17.2 Å². The summed E-state index contributed by atoms with van der Waals surface area (Å²) < 4.78 is 5.40. The monoisotopic (exact) mass is 342 g/mol. The van der Waals surface area contributed by atoms with Gasteiger partial charge in [0, 0.05) is 24.5 Å². The van der Waals surface area contributed by atoms with E-state index in [-0.39, 0.29) is 0 Å². The number of H-pyrrole nitrogens is 1. The highest BCUT2D eigenvalue weighted by atomic mass is 32.2. The summed E-state index contributed by atoms with van der Waals surface area (Å²) in [5, 5.41) is 12.4. The SMILES string of the molecule is CSc1n[nH]c2ncnc(Nc3ccc(N4CCOCC4)cc3)c12. The van der Waals surface area contributed by atoms with E-state index in [9.17, 15) is 0 Å². The molecule has 2 N–H and O–H groups in total. The molecule has 3 aromatic rings. The molecule has 24 heavy (non-hydrogen) atoms. The van der Waals surface area contributed by atoms with Gasteiger partial charge in [-0.25, -0.2) is 9.97 Å². The Morgan fingerprint density at radius 3 is 2.71 bits per heavy atom. The molecule has 7 nitrogen and oxygen atoms in total. The first-order chi connectivity index (χ1) is 11.8. The number of hydrogen-bond acceptors (Lipinski definition) is 7. The molecule has 1 saturated heterocycles. The Labute approximate surface area is 143 Å². The number of aromatic nitrogens is 4. The minimum atomic E-state index is 0.738. The van der Waals surface area contributed by atoms with E-state index in [4.69, 9.17) is 4.74 Å². The van der Waals surface area contributed by atoms with Gasteiger partial charge in [0.25, 0.3) is 0 Å². The lowest BCUT2D eigenvalue weighted by atomic mass is 10.2. The fourth-order valence-electron chi connectivity index (χ4n) is 2.79. The van der Waals surface area contributed by atoms with Crippen LogP contribution in [0.1, 0.15) is 0 Å². The summed E-state index contributed by atoms with van der Waals surface area (Å²) in [5.41, 5.74) is 2.94. The average Bonchev–Trinajstić information content (AvgIpc) is 3.07. The second-order valence-electron chi connectivity index (χ2n) is 5.45. The van der Waals surface area contributed by atoms with Gasteiger partial charge in [-0.2, -0.15) is 5.10 Å². The van der Waals surface area contributed by atoms with Crippen molar-refractivity contribution in [1.82, 2.24) is 20.2 Å². The summed E-state index contributed by atoms with van der Waals surface area (Å²) in [5.74, 6) is 0.761. The van der Waals surface area contributed by atoms with Crippen molar-refractivity contribution < 1.29 is 4.74 Å². The maximum Gasteiger partial charge on any atom is 0.161 e. The molecule has 2 aromatic heterocycles. The molecule has 1 aliphatic rings. The molecule has 3 heterocycles. The summed E-state index contributed by atoms with van der Waals surface area (Å²) in [6.07, 6.45) is 3.53. The molecule has 0 saturated carbocycles. The van der Waals surface area contributed by atoms with Crippen LogP contribution < -0.4 is 10.2 Å². The Kier molecular flexibility index (Phi) is 4.22. The van der Waals surface area contributed by atoms with Crippen LogP contribution in [0.4, 0.5) is 17.2 Å². The third kappa shape index (κ3) is 2.90. The number of benzene rings is 1. The van der Waals surface area contributed by atoms with Crippen LogP contribution in [0.15, 0.2) is 35.6 Å². The topological polar surface area (TPSA) is 79.0 Å². The number of ether oxygens (including phenoxy) is 1. The van der Waals surface area contributed by atoms with E-state index in [1.807, 2.05) is 6.26 Å². The first-order valence-corrected chi connectivity index (χ1v) is 9.00. The van der Waals surface area contributed by atoms with E-state index >= 15 is 0 Å². The molecule has 1 aliphatic heterocycles. The fourth-order valence-corrected chi connectivity index (χ4v) is 3.32. The van der Waals surface area contributed by atoms with E-state index in [1.165, 1.54) is 12.0 Å². The molecule has 0 unspecified atom stereocenters. The van der Waals surface area contributed by atoms with E-state index in [1.54, 1.807) is 11.8 Å². The smallest absolute Gasteiger partial charge is 0.161 e. The Morgan fingerprint density at radius 1 is 1.17 bits per heavy atom. The summed E-state index contributed by atoms with van der Waals surface area (Å²) >= 11 is 1.57. The van der Waals surface area contributed by atoms with Gasteiger partial charge in [-0.05, 0) is 30.5 Å². The van der Waals surface area contributed by atoms with Crippen molar-refractivity contribution in [2.45, 2.75) is 5.03 Å². The normalized spacial score (nSPS) is 15.0. The third-order valence-electron chi connectivity index (χ3n) is 4.02. The first-order valence-electron chi connectivity index (χ1n) is 7.78. The van der Waals surface area contributed by atoms with Gasteiger partial charge in [-0.3, -0.25) is 5.10 Å². The zero-order valence-corrected chi connectivity index (χ0v) is 14.1. The van der Waals surface area contributed by atoms with Crippen molar-refractivity contribution >= 4 is 40.0 Å². The molecule has 124 valence electrons. The lowest BCUT2D eigenvalue weighted by Crippen LogP contribution is -2.36. The van der Waals surface area contributed by atoms with Crippen molar-refractivity contribution in [3.05, 3.63) is 30.6 Å². The van der Waals surface area contributed by atoms with Gasteiger partial charge in [-0.15, -0.1) is 11.8 Å². The van der Waals surface area contributed by atoms with E-state index in [0.717, 1.165) is 53.9 Å². The Morgan fingerprint density at radius 2 is 1.96 bits per heavy atom. The summed E-state index contributed by atoms with van der Waals surface area (Å²) in [6, 6.07) is 8.38. The van der Waals surface area contributed by atoms with Gasteiger partial charge in [0.15, 0.2) is 5.65 Å². The lowest BCUT2D eigenvalue weighted by Gasteiger charge is -2.28. The minimum absolute atomic E-state index is 0.738. The van der Waals surface area contributed by atoms with Crippen LogP contribution in [0.5, 0.6) is 0 Å². The van der Waals surface area contributed by atoms with Gasteiger partial charge < -0.3 is 15.0 Å². The quantitative estimate of drug-likeness (QED) is 0.706. The first kappa shape index (κ1) is 15.2. The third-order valence-corrected chi connectivity index (χ3v) is 4.71. The summed E-state index contributed by atoms with van der Waals surface area (Å²) in [4.78, 5) is 10.9. The molecule has 8 heteroatoms. The Bertz CT molecular complexity index is 828. The van der Waals surface area contributed by atoms with E-state index in [0.29, 0.717) is 0 Å². The number of aromatic amines is 1. The molecule has 0 aliphatic carbocycles. The number of fused-ring (bicyclic) bond motifs is 1. The van der Waals surface area contributed by atoms with Crippen LogP contribution in [-0.2, 0) is 4.74 Å². The molecule has 0 radical (unpaired) electrons. The van der Waals surface area contributed by atoms with Gasteiger partial charge >= 0.3 is 0 Å². The maximum atomic E-state index is 5.40. The van der Waals surface area contributed by atoms with Gasteiger partial charge in [0.05, 0.1) is 18.6 Å². The highest BCUT2D eigenvalue weighted by Crippen LogP contribution is 2.30. The number of nitrogens with one attached hydrogen (secondary N) is 2. The van der Waals surface area contributed by atoms with Crippen LogP contribution in [0.25, 0.3) is 11.0 Å². The molecule has 1 aromatic carbocycles. The minimum Gasteiger partial charge on any atom is -0.378 e. The summed E-state index contributed by atoms with van der Waals surface area (Å²) in [6.45, 7) is 3.45. The average molecular weight is 342 g/mol. The summed E-state index contributed by atoms with van der Waals surface area (Å²) in [7, 11) is 0. The molecule has 1 fully saturated rings. The fraction of sp³-hybridized carbons (Fsp3) is 0.312. The van der Waals surface area contributed by atoms with Gasteiger partial charge in [-0.1, -0.05) is 0 Å². The number of anilines is 3. The maximum absolute atomic E-state index is 5.40. The van der Waals surface area contributed by atoms with E-state index in [2.05, 4.69) is 54.6 Å². The van der Waals surface area contributed by atoms with Crippen LogP contribution >= 0.6 is 11.8 Å². The standard InChI is InChI=1S/C16H18N6OS/c1-24-16-13-14(17-10-18-15(13)20-21-16)19-11-2-4-12(5-3-11)22-6-8-23-9-7-22/h2-5,10H,6-9H2,1H3,(H2,17,18,19,20,21). The van der Waals surface area contributed by atoms with Crippen molar-refractivity contribution in [2.24, 2.45) is 0 Å². The predicted molar refractivity (Wildman–Crippen MR) is 96.2 cm³/mol. The number of thioether (sulfide) groups is 1. The largest absolute Gasteiger partial charge is 0.378 e. The number of rotatable bonds is 4.